The Bertz CT molecular complexity index is 214. The van der Waals surface area contributed by atoms with Gasteiger partial charge >= 0.3 is 5.97 Å². The number of hydrogen-bond acceptors (Lipinski definition) is 2. The van der Waals surface area contributed by atoms with Crippen LogP contribution in [0.25, 0.3) is 0 Å². The van der Waals surface area contributed by atoms with Crippen LogP contribution < -0.4 is 0 Å². The predicted molar refractivity (Wildman–Crippen MR) is 40.5 cm³/mol. The summed E-state index contributed by atoms with van der Waals surface area (Å²) < 4.78 is 12.9. The van der Waals surface area contributed by atoms with Crippen LogP contribution in [-0.2, 0) is 4.79 Å². The Hall–Kier alpha value is -0.900. The van der Waals surface area contributed by atoms with Crippen molar-refractivity contribution >= 4 is 5.97 Å². The van der Waals surface area contributed by atoms with E-state index in [2.05, 4.69) is 0 Å². The largest absolute Gasteiger partial charge is 0.479 e. The van der Waals surface area contributed by atoms with Crippen LogP contribution in [0.1, 0.15) is 19.3 Å². The van der Waals surface area contributed by atoms with E-state index >= 15 is 0 Å². The van der Waals surface area contributed by atoms with Crippen LogP contribution in [-0.4, -0.2) is 28.0 Å². The first kappa shape index (κ1) is 9.19. The zero-order chi connectivity index (χ0) is 9.19. The van der Waals surface area contributed by atoms with Gasteiger partial charge in [-0.1, -0.05) is 12.2 Å². The third kappa shape index (κ3) is 1.64. The van der Waals surface area contributed by atoms with Gasteiger partial charge in [0.2, 0.25) is 6.17 Å². The smallest absolute Gasteiger partial charge is 0.341 e. The number of hydrogen-bond donors (Lipinski definition) is 2. The number of allylic oxidation sites excluding steroid dienone is 1. The minimum atomic E-state index is -2.21. The molecule has 0 aromatic heterocycles. The summed E-state index contributed by atoms with van der Waals surface area (Å²) in [5.74, 6) is -1.61. The first-order chi connectivity index (χ1) is 5.56. The van der Waals surface area contributed by atoms with Crippen molar-refractivity contribution in [2.45, 2.75) is 31.0 Å². The van der Waals surface area contributed by atoms with Gasteiger partial charge in [0.05, 0.1) is 0 Å². The highest BCUT2D eigenvalue weighted by molar-refractivity contribution is 5.74. The molecule has 0 heterocycles. The van der Waals surface area contributed by atoms with Crippen molar-refractivity contribution in [2.24, 2.45) is 0 Å². The van der Waals surface area contributed by atoms with E-state index in [0.717, 1.165) is 6.42 Å². The van der Waals surface area contributed by atoms with Crippen molar-refractivity contribution in [1.82, 2.24) is 0 Å². The minimum absolute atomic E-state index is 0.178. The molecule has 12 heavy (non-hydrogen) atoms. The SMILES string of the molecule is O=C(O)C(F)C1(O)C=CCCC1. The summed E-state index contributed by atoms with van der Waals surface area (Å²) in [6, 6.07) is 0. The maximum Gasteiger partial charge on any atom is 0.341 e. The molecule has 2 atom stereocenters. The van der Waals surface area contributed by atoms with E-state index in [9.17, 15) is 14.3 Å². The van der Waals surface area contributed by atoms with E-state index in [1.807, 2.05) is 0 Å². The first-order valence-corrected chi connectivity index (χ1v) is 3.83. The number of rotatable bonds is 2. The maximum absolute atomic E-state index is 12.9. The van der Waals surface area contributed by atoms with Crippen molar-refractivity contribution in [3.8, 4) is 0 Å². The molecule has 3 nitrogen and oxygen atoms in total. The van der Waals surface area contributed by atoms with E-state index in [-0.39, 0.29) is 6.42 Å². The lowest BCUT2D eigenvalue weighted by atomic mass is 9.87. The number of halogens is 1. The molecule has 0 bridgehead atoms. The molecule has 0 aliphatic heterocycles. The van der Waals surface area contributed by atoms with Crippen LogP contribution in [0.2, 0.25) is 0 Å². The number of carbonyl (C=O) groups is 1. The molecule has 0 radical (unpaired) electrons. The fourth-order valence-electron chi connectivity index (χ4n) is 1.30. The second-order valence-corrected chi connectivity index (χ2v) is 2.99. The molecule has 0 fully saturated rings. The van der Waals surface area contributed by atoms with Gasteiger partial charge in [0.15, 0.2) is 0 Å². The predicted octanol–water partition coefficient (Wildman–Crippen LogP) is 0.880. The standard InChI is InChI=1S/C8H11FO3/c9-6(7(10)11)8(12)4-2-1-3-5-8/h2,4,6,12H,1,3,5H2,(H,10,11). The number of alkyl halides is 1. The van der Waals surface area contributed by atoms with E-state index in [1.165, 1.54) is 6.08 Å². The van der Waals surface area contributed by atoms with Crippen molar-refractivity contribution in [3.05, 3.63) is 12.2 Å². The summed E-state index contributed by atoms with van der Waals surface area (Å²) in [5, 5.41) is 17.8. The third-order valence-corrected chi connectivity index (χ3v) is 2.01. The van der Waals surface area contributed by atoms with Crippen molar-refractivity contribution < 1.29 is 19.4 Å². The molecule has 0 amide bonds. The summed E-state index contributed by atoms with van der Waals surface area (Å²) in [7, 11) is 0. The molecule has 0 aromatic carbocycles. The molecule has 0 aromatic rings. The normalized spacial score (nSPS) is 31.5. The van der Waals surface area contributed by atoms with E-state index in [4.69, 9.17) is 5.11 Å². The Kier molecular flexibility index (Phi) is 2.47. The summed E-state index contributed by atoms with van der Waals surface area (Å²) in [5.41, 5.74) is -1.79. The Morgan fingerprint density at radius 3 is 2.75 bits per heavy atom. The average Bonchev–Trinajstić information content (AvgIpc) is 2.04. The summed E-state index contributed by atoms with van der Waals surface area (Å²) in [4.78, 5) is 10.2. The van der Waals surface area contributed by atoms with Crippen LogP contribution in [0.3, 0.4) is 0 Å². The lowest BCUT2D eigenvalue weighted by molar-refractivity contribution is -0.151. The summed E-state index contributed by atoms with van der Waals surface area (Å²) >= 11 is 0. The lowest BCUT2D eigenvalue weighted by Gasteiger charge is -2.28. The van der Waals surface area contributed by atoms with Crippen molar-refractivity contribution in [3.63, 3.8) is 0 Å². The molecule has 0 spiro atoms. The maximum atomic E-state index is 12.9. The van der Waals surface area contributed by atoms with Gasteiger partial charge in [-0.15, -0.1) is 0 Å². The van der Waals surface area contributed by atoms with Gasteiger partial charge in [-0.3, -0.25) is 0 Å². The molecule has 1 aliphatic carbocycles. The molecule has 2 N–H and O–H groups in total. The number of carboxylic acids is 1. The molecule has 1 rings (SSSR count). The van der Waals surface area contributed by atoms with Gasteiger partial charge in [-0.25, -0.2) is 9.18 Å². The van der Waals surface area contributed by atoms with E-state index < -0.39 is 17.7 Å². The number of carboxylic acid groups (broad SMARTS) is 1. The van der Waals surface area contributed by atoms with Crippen LogP contribution in [0.4, 0.5) is 4.39 Å². The minimum Gasteiger partial charge on any atom is -0.479 e. The summed E-state index contributed by atoms with van der Waals surface area (Å²) in [6.07, 6.45) is 2.22. The Labute approximate surface area is 69.5 Å². The molecule has 4 heteroatoms. The van der Waals surface area contributed by atoms with Crippen LogP contribution >= 0.6 is 0 Å². The third-order valence-electron chi connectivity index (χ3n) is 2.01. The van der Waals surface area contributed by atoms with Crippen molar-refractivity contribution in [1.29, 1.82) is 0 Å². The van der Waals surface area contributed by atoms with Gasteiger partial charge in [-0.05, 0) is 19.3 Å². The number of aliphatic carboxylic acids is 1. The van der Waals surface area contributed by atoms with Crippen molar-refractivity contribution in [2.75, 3.05) is 0 Å². The molecular formula is C8H11FO3. The zero-order valence-electron chi connectivity index (χ0n) is 6.53. The van der Waals surface area contributed by atoms with Gasteiger partial charge in [0.25, 0.3) is 0 Å². The molecule has 0 saturated carbocycles. The Balaban J connectivity index is 2.75. The highest BCUT2D eigenvalue weighted by atomic mass is 19.1. The number of aliphatic hydroxyl groups is 1. The molecular weight excluding hydrogens is 163 g/mol. The first-order valence-electron chi connectivity index (χ1n) is 3.83. The highest BCUT2D eigenvalue weighted by Gasteiger charge is 2.40. The second kappa shape index (κ2) is 3.23. The second-order valence-electron chi connectivity index (χ2n) is 2.99. The summed E-state index contributed by atoms with van der Waals surface area (Å²) in [6.45, 7) is 0. The Morgan fingerprint density at radius 2 is 2.33 bits per heavy atom. The molecule has 2 unspecified atom stereocenters. The Morgan fingerprint density at radius 1 is 1.67 bits per heavy atom. The molecule has 1 aliphatic rings. The highest BCUT2D eigenvalue weighted by Crippen LogP contribution is 2.27. The fraction of sp³-hybridized carbons (Fsp3) is 0.625. The lowest BCUT2D eigenvalue weighted by Crippen LogP contribution is -2.43. The van der Waals surface area contributed by atoms with Crippen LogP contribution in [0.15, 0.2) is 12.2 Å². The molecule has 68 valence electrons. The molecule has 0 saturated heterocycles. The van der Waals surface area contributed by atoms with Gasteiger partial charge < -0.3 is 10.2 Å². The van der Waals surface area contributed by atoms with E-state index in [0.29, 0.717) is 6.42 Å². The zero-order valence-corrected chi connectivity index (χ0v) is 6.53. The topological polar surface area (TPSA) is 57.5 Å². The quantitative estimate of drug-likeness (QED) is 0.611. The average molecular weight is 174 g/mol. The van der Waals surface area contributed by atoms with Gasteiger partial charge in [0.1, 0.15) is 5.60 Å². The van der Waals surface area contributed by atoms with Crippen LogP contribution in [0, 0.1) is 0 Å². The monoisotopic (exact) mass is 174 g/mol. The van der Waals surface area contributed by atoms with Gasteiger partial charge in [0, 0.05) is 0 Å². The van der Waals surface area contributed by atoms with Gasteiger partial charge in [-0.2, -0.15) is 0 Å². The fourth-order valence-corrected chi connectivity index (χ4v) is 1.30. The van der Waals surface area contributed by atoms with E-state index in [1.54, 1.807) is 6.08 Å². The van der Waals surface area contributed by atoms with Crippen LogP contribution in [0.5, 0.6) is 0 Å².